The lowest BCUT2D eigenvalue weighted by Gasteiger charge is -2.18. The highest BCUT2D eigenvalue weighted by Crippen LogP contribution is 2.50. The second-order valence-corrected chi connectivity index (χ2v) is 7.83. The van der Waals surface area contributed by atoms with E-state index in [0.717, 1.165) is 29.7 Å². The van der Waals surface area contributed by atoms with Crippen LogP contribution in [0.2, 0.25) is 0 Å². The Morgan fingerprint density at radius 1 is 1.09 bits per heavy atom. The SMILES string of the molecule is O=P(O)(O)CC(c1cccc(OCc2ccccc2)c1)C1CC1. The Morgan fingerprint density at radius 3 is 2.48 bits per heavy atom. The molecule has 0 spiro atoms. The van der Waals surface area contributed by atoms with Gasteiger partial charge in [-0.05, 0) is 47.9 Å². The molecular weight excluding hydrogens is 311 g/mol. The predicted octanol–water partition coefficient (Wildman–Crippen LogP) is 3.94. The van der Waals surface area contributed by atoms with Gasteiger partial charge in [-0.25, -0.2) is 0 Å². The van der Waals surface area contributed by atoms with Gasteiger partial charge in [-0.3, -0.25) is 4.57 Å². The zero-order valence-electron chi connectivity index (χ0n) is 12.8. The van der Waals surface area contributed by atoms with E-state index in [4.69, 9.17) is 4.74 Å². The monoisotopic (exact) mass is 332 g/mol. The van der Waals surface area contributed by atoms with Gasteiger partial charge in [0.25, 0.3) is 0 Å². The second kappa shape index (κ2) is 6.88. The second-order valence-electron chi connectivity index (χ2n) is 6.14. The lowest BCUT2D eigenvalue weighted by Crippen LogP contribution is -2.08. The fraction of sp³-hybridized carbons (Fsp3) is 0.333. The molecule has 0 aliphatic heterocycles. The summed E-state index contributed by atoms with van der Waals surface area (Å²) in [6, 6.07) is 17.5. The molecule has 0 bridgehead atoms. The summed E-state index contributed by atoms with van der Waals surface area (Å²) in [6.45, 7) is 0.483. The minimum absolute atomic E-state index is 0.0835. The Labute approximate surface area is 136 Å². The molecule has 1 saturated carbocycles. The summed E-state index contributed by atoms with van der Waals surface area (Å²) < 4.78 is 17.2. The van der Waals surface area contributed by atoms with Gasteiger partial charge in [0, 0.05) is 0 Å². The van der Waals surface area contributed by atoms with Crippen molar-refractivity contribution in [1.82, 2.24) is 0 Å². The van der Waals surface area contributed by atoms with Crippen molar-refractivity contribution in [3.05, 3.63) is 65.7 Å². The lowest BCUT2D eigenvalue weighted by atomic mass is 9.96. The highest BCUT2D eigenvalue weighted by atomic mass is 31.2. The first kappa shape index (κ1) is 16.3. The predicted molar refractivity (Wildman–Crippen MR) is 89.6 cm³/mol. The third-order valence-corrected chi connectivity index (χ3v) is 5.03. The van der Waals surface area contributed by atoms with Crippen molar-refractivity contribution in [3.63, 3.8) is 0 Å². The summed E-state index contributed by atoms with van der Waals surface area (Å²) in [4.78, 5) is 18.7. The molecule has 2 aromatic carbocycles. The molecule has 4 nitrogen and oxygen atoms in total. The summed E-state index contributed by atoms with van der Waals surface area (Å²) in [7, 11) is -4.02. The first-order valence-electron chi connectivity index (χ1n) is 7.82. The Kier molecular flexibility index (Phi) is 4.86. The average molecular weight is 332 g/mol. The zero-order valence-corrected chi connectivity index (χ0v) is 13.7. The standard InChI is InChI=1S/C18H21O4P/c19-23(20,21)13-18(15-9-10-15)16-7-4-8-17(11-16)22-12-14-5-2-1-3-6-14/h1-8,11,15,18H,9-10,12-13H2,(H2,19,20,21). The fourth-order valence-electron chi connectivity index (χ4n) is 2.86. The summed E-state index contributed by atoms with van der Waals surface area (Å²) in [5.74, 6) is 1.03. The molecule has 1 fully saturated rings. The average Bonchev–Trinajstić information content (AvgIpc) is 3.36. The van der Waals surface area contributed by atoms with Crippen LogP contribution in [0, 0.1) is 5.92 Å². The number of hydrogen-bond donors (Lipinski definition) is 2. The molecule has 0 amide bonds. The van der Waals surface area contributed by atoms with E-state index in [1.54, 1.807) is 0 Å². The van der Waals surface area contributed by atoms with Crippen LogP contribution in [0.25, 0.3) is 0 Å². The molecule has 0 aromatic heterocycles. The van der Waals surface area contributed by atoms with E-state index in [0.29, 0.717) is 12.5 Å². The van der Waals surface area contributed by atoms with E-state index >= 15 is 0 Å². The molecule has 2 aromatic rings. The number of benzene rings is 2. The molecule has 23 heavy (non-hydrogen) atoms. The van der Waals surface area contributed by atoms with E-state index in [9.17, 15) is 14.4 Å². The Morgan fingerprint density at radius 2 is 1.83 bits per heavy atom. The van der Waals surface area contributed by atoms with Crippen LogP contribution in [0.5, 0.6) is 5.75 Å². The molecule has 2 N–H and O–H groups in total. The molecule has 0 saturated heterocycles. The fourth-order valence-corrected chi connectivity index (χ4v) is 3.88. The molecule has 1 aliphatic carbocycles. The van der Waals surface area contributed by atoms with Crippen LogP contribution >= 0.6 is 7.60 Å². The van der Waals surface area contributed by atoms with E-state index < -0.39 is 7.60 Å². The van der Waals surface area contributed by atoms with Crippen LogP contribution in [0.15, 0.2) is 54.6 Å². The van der Waals surface area contributed by atoms with Crippen molar-refractivity contribution in [2.75, 3.05) is 6.16 Å². The van der Waals surface area contributed by atoms with Gasteiger partial charge < -0.3 is 14.5 Å². The zero-order chi connectivity index (χ0) is 16.3. The Balaban J connectivity index is 1.72. The van der Waals surface area contributed by atoms with Crippen molar-refractivity contribution in [2.45, 2.75) is 25.4 Å². The van der Waals surface area contributed by atoms with Crippen molar-refractivity contribution >= 4 is 7.60 Å². The highest BCUT2D eigenvalue weighted by Gasteiger charge is 2.36. The van der Waals surface area contributed by atoms with Gasteiger partial charge in [0.1, 0.15) is 12.4 Å². The minimum Gasteiger partial charge on any atom is -0.489 e. The van der Waals surface area contributed by atoms with Crippen molar-refractivity contribution < 1.29 is 19.1 Å². The summed E-state index contributed by atoms with van der Waals surface area (Å²) in [6.07, 6.45) is 2.00. The molecule has 1 atom stereocenters. The van der Waals surface area contributed by atoms with E-state index in [2.05, 4.69) is 0 Å². The van der Waals surface area contributed by atoms with Crippen molar-refractivity contribution in [2.24, 2.45) is 5.92 Å². The van der Waals surface area contributed by atoms with E-state index in [1.165, 1.54) is 0 Å². The lowest BCUT2D eigenvalue weighted by molar-refractivity contribution is 0.305. The Hall–Kier alpha value is -1.61. The largest absolute Gasteiger partial charge is 0.489 e. The molecule has 3 rings (SSSR count). The van der Waals surface area contributed by atoms with Crippen LogP contribution in [0.1, 0.15) is 29.9 Å². The topological polar surface area (TPSA) is 66.8 Å². The first-order valence-corrected chi connectivity index (χ1v) is 9.62. The maximum atomic E-state index is 11.4. The van der Waals surface area contributed by atoms with Crippen LogP contribution in [0.3, 0.4) is 0 Å². The van der Waals surface area contributed by atoms with Crippen LogP contribution in [-0.2, 0) is 11.2 Å². The van der Waals surface area contributed by atoms with Crippen LogP contribution in [0.4, 0.5) is 0 Å². The van der Waals surface area contributed by atoms with Crippen LogP contribution < -0.4 is 4.74 Å². The van der Waals surface area contributed by atoms with Gasteiger partial charge in [0.15, 0.2) is 0 Å². The number of rotatable bonds is 7. The molecule has 0 heterocycles. The number of ether oxygens (including phenoxy) is 1. The molecule has 1 unspecified atom stereocenters. The molecule has 122 valence electrons. The van der Waals surface area contributed by atoms with Gasteiger partial charge in [0.05, 0.1) is 6.16 Å². The van der Waals surface area contributed by atoms with Gasteiger partial charge in [0.2, 0.25) is 0 Å². The third kappa shape index (κ3) is 4.93. The van der Waals surface area contributed by atoms with Crippen molar-refractivity contribution in [1.29, 1.82) is 0 Å². The molecule has 1 aliphatic rings. The molecule has 5 heteroatoms. The molecule has 0 radical (unpaired) electrons. The Bertz CT molecular complexity index is 691. The highest BCUT2D eigenvalue weighted by molar-refractivity contribution is 7.51. The van der Waals surface area contributed by atoms with Gasteiger partial charge >= 0.3 is 7.60 Å². The van der Waals surface area contributed by atoms with Gasteiger partial charge in [-0.1, -0.05) is 42.5 Å². The van der Waals surface area contributed by atoms with Gasteiger partial charge in [-0.2, -0.15) is 0 Å². The minimum atomic E-state index is -4.02. The first-order chi connectivity index (χ1) is 11.0. The van der Waals surface area contributed by atoms with E-state index in [1.807, 2.05) is 54.6 Å². The smallest absolute Gasteiger partial charge is 0.326 e. The van der Waals surface area contributed by atoms with Crippen LogP contribution in [-0.4, -0.2) is 15.9 Å². The van der Waals surface area contributed by atoms with E-state index in [-0.39, 0.29) is 12.1 Å². The quantitative estimate of drug-likeness (QED) is 0.754. The number of hydrogen-bond acceptors (Lipinski definition) is 2. The van der Waals surface area contributed by atoms with Crippen molar-refractivity contribution in [3.8, 4) is 5.75 Å². The maximum Gasteiger partial charge on any atom is 0.326 e. The summed E-state index contributed by atoms with van der Waals surface area (Å²) in [5, 5.41) is 0. The summed E-state index contributed by atoms with van der Waals surface area (Å²) >= 11 is 0. The summed E-state index contributed by atoms with van der Waals surface area (Å²) in [5.41, 5.74) is 2.05. The van der Waals surface area contributed by atoms with Gasteiger partial charge in [-0.15, -0.1) is 0 Å². The third-order valence-electron chi connectivity index (χ3n) is 4.16. The maximum absolute atomic E-state index is 11.4. The normalized spacial score (nSPS) is 16.1. The molecular formula is C18H21O4P.